The maximum absolute atomic E-state index is 14.2. The molecule has 0 fully saturated rings. The first-order valence-electron chi connectivity index (χ1n) is 11.8. The summed E-state index contributed by atoms with van der Waals surface area (Å²) in [7, 11) is 0. The van der Waals surface area contributed by atoms with E-state index in [0.717, 1.165) is 22.3 Å². The normalized spacial score (nSPS) is 24.3. The highest BCUT2D eigenvalue weighted by atomic mass is 16.3. The Morgan fingerprint density at radius 2 is 1.21 bits per heavy atom. The lowest BCUT2D eigenvalue weighted by Crippen LogP contribution is -2.47. The van der Waals surface area contributed by atoms with E-state index in [1.807, 2.05) is 103 Å². The fraction of sp³-hybridized carbons (Fsp3) is 0.156. The Morgan fingerprint density at radius 3 is 1.79 bits per heavy atom. The van der Waals surface area contributed by atoms with Gasteiger partial charge in [-0.3, -0.25) is 4.79 Å². The zero-order valence-corrected chi connectivity index (χ0v) is 19.2. The monoisotopic (exact) mass is 444 g/mol. The number of aliphatic hydroxyl groups is 1. The van der Waals surface area contributed by atoms with Crippen molar-refractivity contribution in [1.82, 2.24) is 0 Å². The van der Waals surface area contributed by atoms with Crippen LogP contribution in [-0.2, 0) is 5.60 Å². The summed E-state index contributed by atoms with van der Waals surface area (Å²) in [4.78, 5) is 14.2. The average molecular weight is 445 g/mol. The van der Waals surface area contributed by atoms with Crippen molar-refractivity contribution in [3.8, 4) is 0 Å². The van der Waals surface area contributed by atoms with E-state index in [0.29, 0.717) is 5.56 Å². The minimum absolute atomic E-state index is 0.0199. The Bertz CT molecular complexity index is 1280. The zero-order chi connectivity index (χ0) is 23.5. The summed E-state index contributed by atoms with van der Waals surface area (Å²) in [6.07, 6.45) is 1.94. The molecule has 34 heavy (non-hydrogen) atoms. The van der Waals surface area contributed by atoms with Crippen LogP contribution in [-0.4, -0.2) is 10.9 Å². The number of benzene rings is 4. The second-order valence-corrected chi connectivity index (χ2v) is 9.09. The van der Waals surface area contributed by atoms with Gasteiger partial charge in [-0.25, -0.2) is 0 Å². The molecule has 1 aliphatic rings. The highest BCUT2D eigenvalue weighted by molar-refractivity contribution is 6.00. The molecule has 168 valence electrons. The quantitative estimate of drug-likeness (QED) is 0.340. The van der Waals surface area contributed by atoms with Crippen LogP contribution in [0.5, 0.6) is 0 Å². The molecule has 0 radical (unpaired) electrons. The summed E-state index contributed by atoms with van der Waals surface area (Å²) in [6, 6.07) is 39.3. The first-order chi connectivity index (χ1) is 16.6. The smallest absolute Gasteiger partial charge is 0.170 e. The molecule has 0 bridgehead atoms. The third-order valence-corrected chi connectivity index (χ3v) is 7.11. The van der Waals surface area contributed by atoms with Crippen molar-refractivity contribution < 1.29 is 9.90 Å². The Balaban J connectivity index is 1.79. The Labute approximate surface area is 201 Å². The molecule has 0 heterocycles. The molecule has 4 aromatic carbocycles. The van der Waals surface area contributed by atoms with Gasteiger partial charge in [0.05, 0.1) is 5.92 Å². The summed E-state index contributed by atoms with van der Waals surface area (Å²) < 4.78 is 0. The molecule has 0 saturated carbocycles. The van der Waals surface area contributed by atoms with Crippen molar-refractivity contribution in [2.45, 2.75) is 18.4 Å². The number of ketones is 1. The maximum atomic E-state index is 14.2. The third-order valence-electron chi connectivity index (χ3n) is 7.11. The Morgan fingerprint density at radius 1 is 0.706 bits per heavy atom. The van der Waals surface area contributed by atoms with Crippen LogP contribution >= 0.6 is 0 Å². The fourth-order valence-corrected chi connectivity index (χ4v) is 5.46. The van der Waals surface area contributed by atoms with Crippen LogP contribution in [0.25, 0.3) is 5.57 Å². The van der Waals surface area contributed by atoms with E-state index in [4.69, 9.17) is 0 Å². The molecule has 0 unspecified atom stereocenters. The number of hydrogen-bond donors (Lipinski definition) is 1. The molecule has 4 aromatic rings. The van der Waals surface area contributed by atoms with Crippen molar-refractivity contribution in [1.29, 1.82) is 0 Å². The number of rotatable bonds is 5. The van der Waals surface area contributed by atoms with Crippen molar-refractivity contribution in [2.24, 2.45) is 11.8 Å². The molecule has 0 amide bonds. The van der Waals surface area contributed by atoms with Gasteiger partial charge in [0, 0.05) is 11.5 Å². The van der Waals surface area contributed by atoms with E-state index < -0.39 is 11.5 Å². The highest BCUT2D eigenvalue weighted by Crippen LogP contribution is 2.53. The highest BCUT2D eigenvalue weighted by Gasteiger charge is 2.52. The van der Waals surface area contributed by atoms with Crippen LogP contribution in [0.1, 0.15) is 39.9 Å². The molecule has 2 nitrogen and oxygen atoms in total. The molecule has 1 N–H and O–H groups in total. The molecule has 1 aliphatic carbocycles. The molecule has 0 spiro atoms. The van der Waals surface area contributed by atoms with Crippen LogP contribution in [0.15, 0.2) is 127 Å². The third kappa shape index (κ3) is 3.91. The lowest BCUT2D eigenvalue weighted by Gasteiger charge is -2.46. The van der Waals surface area contributed by atoms with E-state index in [9.17, 15) is 9.90 Å². The molecule has 0 aromatic heterocycles. The zero-order valence-electron chi connectivity index (χ0n) is 19.2. The van der Waals surface area contributed by atoms with E-state index in [-0.39, 0.29) is 17.6 Å². The topological polar surface area (TPSA) is 37.3 Å². The van der Waals surface area contributed by atoms with Gasteiger partial charge in [0.1, 0.15) is 5.60 Å². The van der Waals surface area contributed by atoms with E-state index in [1.54, 1.807) is 0 Å². The van der Waals surface area contributed by atoms with Crippen LogP contribution < -0.4 is 0 Å². The van der Waals surface area contributed by atoms with Gasteiger partial charge in [-0.1, -0.05) is 128 Å². The number of hydrogen-bond acceptors (Lipinski definition) is 2. The summed E-state index contributed by atoms with van der Waals surface area (Å²) >= 11 is 0. The lowest BCUT2D eigenvalue weighted by molar-refractivity contribution is 0.00505. The van der Waals surface area contributed by atoms with Crippen molar-refractivity contribution >= 4 is 11.4 Å². The molecular formula is C32H28O2. The standard InChI is InChI=1S/C32H28O2/c1-23-28(24-14-6-2-7-15-24)22-32(34,27-20-12-5-13-21-27)30(29(23)25-16-8-3-9-17-25)31(33)26-18-10-4-11-19-26/h2-23,29-30,34H,1H3/t23-,29+,30-,32+/m0/s1. The first kappa shape index (κ1) is 22.1. The molecular weight excluding hydrogens is 416 g/mol. The van der Waals surface area contributed by atoms with E-state index in [1.165, 1.54) is 0 Å². The summed E-state index contributed by atoms with van der Waals surface area (Å²) in [5.41, 5.74) is 3.05. The Hall–Kier alpha value is -3.75. The summed E-state index contributed by atoms with van der Waals surface area (Å²) in [5, 5.41) is 12.5. The number of Topliss-reactive ketones (excluding diaryl/α,β-unsaturated/α-hetero) is 1. The Kier molecular flexibility index (Phi) is 6.00. The summed E-state index contributed by atoms with van der Waals surface area (Å²) in [6.45, 7) is 2.17. The van der Waals surface area contributed by atoms with Gasteiger partial charge in [0.25, 0.3) is 0 Å². The second kappa shape index (κ2) is 9.24. The van der Waals surface area contributed by atoms with Crippen LogP contribution in [0, 0.1) is 11.8 Å². The van der Waals surface area contributed by atoms with Crippen molar-refractivity contribution in [3.63, 3.8) is 0 Å². The summed E-state index contributed by atoms with van der Waals surface area (Å²) in [5.74, 6) is -0.913. The average Bonchev–Trinajstić information content (AvgIpc) is 2.91. The second-order valence-electron chi connectivity index (χ2n) is 9.09. The predicted octanol–water partition coefficient (Wildman–Crippen LogP) is 6.89. The maximum Gasteiger partial charge on any atom is 0.170 e. The molecule has 2 heteroatoms. The predicted molar refractivity (Wildman–Crippen MR) is 137 cm³/mol. The van der Waals surface area contributed by atoms with Gasteiger partial charge in [-0.2, -0.15) is 0 Å². The van der Waals surface area contributed by atoms with Gasteiger partial charge in [0.15, 0.2) is 5.78 Å². The number of allylic oxidation sites excluding steroid dienone is 1. The van der Waals surface area contributed by atoms with Crippen LogP contribution in [0.2, 0.25) is 0 Å². The minimum Gasteiger partial charge on any atom is -0.380 e. The fourth-order valence-electron chi connectivity index (χ4n) is 5.46. The number of carbonyl (C=O) groups excluding carboxylic acids is 1. The van der Waals surface area contributed by atoms with E-state index in [2.05, 4.69) is 31.2 Å². The molecule has 0 saturated heterocycles. The first-order valence-corrected chi connectivity index (χ1v) is 11.8. The van der Waals surface area contributed by atoms with Crippen molar-refractivity contribution in [3.05, 3.63) is 150 Å². The SMILES string of the molecule is C[C@H]1C(c2ccccc2)=C[C@@](O)(c2ccccc2)[C@H](C(=O)c2ccccc2)[C@H]1c1ccccc1. The lowest BCUT2D eigenvalue weighted by atomic mass is 9.58. The van der Waals surface area contributed by atoms with E-state index >= 15 is 0 Å². The molecule has 4 atom stereocenters. The van der Waals surface area contributed by atoms with Crippen LogP contribution in [0.4, 0.5) is 0 Å². The molecule has 0 aliphatic heterocycles. The largest absolute Gasteiger partial charge is 0.380 e. The van der Waals surface area contributed by atoms with Gasteiger partial charge in [0.2, 0.25) is 0 Å². The van der Waals surface area contributed by atoms with Gasteiger partial charge in [-0.05, 0) is 34.3 Å². The van der Waals surface area contributed by atoms with Gasteiger partial charge >= 0.3 is 0 Å². The minimum atomic E-state index is -1.47. The van der Waals surface area contributed by atoms with Gasteiger partial charge in [-0.15, -0.1) is 0 Å². The number of carbonyl (C=O) groups is 1. The van der Waals surface area contributed by atoms with Crippen LogP contribution in [0.3, 0.4) is 0 Å². The van der Waals surface area contributed by atoms with Crippen molar-refractivity contribution in [2.75, 3.05) is 0 Å². The molecule has 5 rings (SSSR count). The van der Waals surface area contributed by atoms with Gasteiger partial charge < -0.3 is 5.11 Å².